The summed E-state index contributed by atoms with van der Waals surface area (Å²) in [4.78, 5) is 33.8. The van der Waals surface area contributed by atoms with Gasteiger partial charge in [0.25, 0.3) is 5.56 Å². The number of hydrogen-bond donors (Lipinski definition) is 0. The number of carbonyl (C=O) groups excluding carboxylic acids is 1. The number of fused-ring (bicyclic) bond motifs is 1. The first kappa shape index (κ1) is 19.8. The van der Waals surface area contributed by atoms with E-state index in [2.05, 4.69) is 9.88 Å². The zero-order chi connectivity index (χ0) is 20.2. The summed E-state index contributed by atoms with van der Waals surface area (Å²) in [6, 6.07) is 5.35. The zero-order valence-corrected chi connectivity index (χ0v) is 16.9. The average molecular weight is 400 g/mol. The van der Waals surface area contributed by atoms with Gasteiger partial charge in [0.15, 0.2) is 0 Å². The lowest BCUT2D eigenvalue weighted by Gasteiger charge is -2.34. The minimum atomic E-state index is -0.0115. The van der Waals surface area contributed by atoms with Crippen molar-refractivity contribution in [1.29, 1.82) is 0 Å². The molecule has 8 heteroatoms. The lowest BCUT2D eigenvalue weighted by Crippen LogP contribution is -2.47. The fourth-order valence-electron chi connectivity index (χ4n) is 4.10. The topological polar surface area (TPSA) is 76.9 Å². The van der Waals surface area contributed by atoms with E-state index in [4.69, 9.17) is 9.47 Å². The van der Waals surface area contributed by atoms with Crippen molar-refractivity contribution >= 4 is 16.8 Å². The Hall–Kier alpha value is -2.45. The van der Waals surface area contributed by atoms with Crippen LogP contribution in [0.1, 0.15) is 12.8 Å². The number of amides is 1. The number of ether oxygens (including phenoxy) is 2. The molecule has 2 saturated heterocycles. The second-order valence-corrected chi connectivity index (χ2v) is 7.80. The third-order valence-electron chi connectivity index (χ3n) is 5.92. The minimum Gasteiger partial charge on any atom is -0.497 e. The number of methoxy groups -OCH3 is 1. The van der Waals surface area contributed by atoms with Crippen molar-refractivity contribution in [3.63, 3.8) is 0 Å². The molecule has 8 nitrogen and oxygen atoms in total. The maximum Gasteiger partial charge on any atom is 0.261 e. The standard InChI is InChI=1S/C21H28N4O4/c1-28-17-2-3-18-19(12-17)22-15-25(21(18)27)13-16-4-6-23(7-5-16)14-20(26)24-8-10-29-11-9-24/h2-3,12,15-16H,4-11,13-14H2,1H3. The van der Waals surface area contributed by atoms with Crippen molar-refractivity contribution in [2.75, 3.05) is 53.0 Å². The normalized spacial score (nSPS) is 18.9. The molecule has 29 heavy (non-hydrogen) atoms. The molecule has 156 valence electrons. The van der Waals surface area contributed by atoms with Gasteiger partial charge in [-0.3, -0.25) is 19.1 Å². The molecule has 0 aliphatic carbocycles. The Morgan fingerprint density at radius 3 is 2.69 bits per heavy atom. The minimum absolute atomic E-state index is 0.0115. The number of hydrogen-bond acceptors (Lipinski definition) is 6. The largest absolute Gasteiger partial charge is 0.497 e. The molecular weight excluding hydrogens is 372 g/mol. The van der Waals surface area contributed by atoms with Crippen LogP contribution in [0.5, 0.6) is 5.75 Å². The van der Waals surface area contributed by atoms with Gasteiger partial charge in [0.1, 0.15) is 5.75 Å². The summed E-state index contributed by atoms with van der Waals surface area (Å²) < 4.78 is 12.2. The Bertz CT molecular complexity index is 915. The number of carbonyl (C=O) groups is 1. The van der Waals surface area contributed by atoms with Crippen molar-refractivity contribution in [2.45, 2.75) is 19.4 Å². The van der Waals surface area contributed by atoms with Crippen LogP contribution >= 0.6 is 0 Å². The van der Waals surface area contributed by atoms with Crippen LogP contribution in [0, 0.1) is 5.92 Å². The highest BCUT2D eigenvalue weighted by Crippen LogP contribution is 2.20. The van der Waals surface area contributed by atoms with E-state index in [9.17, 15) is 9.59 Å². The van der Waals surface area contributed by atoms with Gasteiger partial charge in [-0.05, 0) is 44.0 Å². The SMILES string of the molecule is COc1ccc2c(=O)n(CC3CCN(CC(=O)N4CCOCC4)CC3)cnc2c1. The summed E-state index contributed by atoms with van der Waals surface area (Å²) in [7, 11) is 1.60. The monoisotopic (exact) mass is 400 g/mol. The van der Waals surface area contributed by atoms with Gasteiger partial charge in [-0.1, -0.05) is 0 Å². The Morgan fingerprint density at radius 2 is 1.97 bits per heavy atom. The number of likely N-dealkylation sites (tertiary alicyclic amines) is 1. The summed E-state index contributed by atoms with van der Waals surface area (Å²) in [5.41, 5.74) is 0.643. The molecule has 0 atom stereocenters. The first-order valence-corrected chi connectivity index (χ1v) is 10.2. The van der Waals surface area contributed by atoms with Crippen LogP contribution in [0.3, 0.4) is 0 Å². The summed E-state index contributed by atoms with van der Waals surface area (Å²) in [6.45, 7) is 5.56. The molecule has 1 amide bonds. The van der Waals surface area contributed by atoms with Crippen LogP contribution in [-0.4, -0.2) is 78.3 Å². The Morgan fingerprint density at radius 1 is 1.21 bits per heavy atom. The van der Waals surface area contributed by atoms with Crippen molar-refractivity contribution in [3.05, 3.63) is 34.9 Å². The van der Waals surface area contributed by atoms with E-state index in [0.29, 0.717) is 62.0 Å². The van der Waals surface area contributed by atoms with E-state index in [1.165, 1.54) is 0 Å². The van der Waals surface area contributed by atoms with E-state index in [-0.39, 0.29) is 11.5 Å². The highest BCUT2D eigenvalue weighted by molar-refractivity contribution is 5.79. The van der Waals surface area contributed by atoms with Gasteiger partial charge >= 0.3 is 0 Å². The number of nitrogens with zero attached hydrogens (tertiary/aromatic N) is 4. The number of benzene rings is 1. The van der Waals surface area contributed by atoms with Gasteiger partial charge in [-0.25, -0.2) is 4.98 Å². The molecule has 2 aromatic rings. The van der Waals surface area contributed by atoms with Crippen molar-refractivity contribution in [3.8, 4) is 5.75 Å². The second kappa shape index (κ2) is 8.92. The molecule has 0 radical (unpaired) electrons. The molecule has 2 aliphatic rings. The molecule has 0 unspecified atom stereocenters. The molecule has 2 aliphatic heterocycles. The maximum atomic E-state index is 12.8. The number of rotatable bonds is 5. The molecule has 0 N–H and O–H groups in total. The van der Waals surface area contributed by atoms with Crippen LogP contribution in [0.4, 0.5) is 0 Å². The molecule has 4 rings (SSSR count). The van der Waals surface area contributed by atoms with Crippen LogP contribution in [0.25, 0.3) is 10.9 Å². The van der Waals surface area contributed by atoms with Gasteiger partial charge in [-0.15, -0.1) is 0 Å². The van der Waals surface area contributed by atoms with Gasteiger partial charge in [-0.2, -0.15) is 0 Å². The predicted molar refractivity (Wildman–Crippen MR) is 109 cm³/mol. The fourth-order valence-corrected chi connectivity index (χ4v) is 4.10. The molecule has 3 heterocycles. The summed E-state index contributed by atoms with van der Waals surface area (Å²) >= 11 is 0. The molecule has 0 bridgehead atoms. The molecule has 0 spiro atoms. The summed E-state index contributed by atoms with van der Waals surface area (Å²) in [6.07, 6.45) is 3.59. The summed E-state index contributed by atoms with van der Waals surface area (Å²) in [5.74, 6) is 1.30. The third kappa shape index (κ3) is 4.59. The smallest absolute Gasteiger partial charge is 0.261 e. The molecule has 2 fully saturated rings. The zero-order valence-electron chi connectivity index (χ0n) is 16.9. The molecular formula is C21H28N4O4. The predicted octanol–water partition coefficient (Wildman–Crippen LogP) is 0.976. The molecule has 0 saturated carbocycles. The maximum absolute atomic E-state index is 12.8. The lowest BCUT2D eigenvalue weighted by atomic mass is 9.96. The highest BCUT2D eigenvalue weighted by Gasteiger charge is 2.24. The first-order valence-electron chi connectivity index (χ1n) is 10.2. The van der Waals surface area contributed by atoms with Crippen molar-refractivity contribution in [1.82, 2.24) is 19.4 Å². The molecule has 1 aromatic heterocycles. The van der Waals surface area contributed by atoms with Crippen molar-refractivity contribution < 1.29 is 14.3 Å². The quantitative estimate of drug-likeness (QED) is 0.745. The van der Waals surface area contributed by atoms with Gasteiger partial charge in [0.05, 0.1) is 44.1 Å². The third-order valence-corrected chi connectivity index (χ3v) is 5.92. The number of aromatic nitrogens is 2. The van der Waals surface area contributed by atoms with Crippen LogP contribution < -0.4 is 10.3 Å². The Kier molecular flexibility index (Phi) is 6.10. The summed E-state index contributed by atoms with van der Waals surface area (Å²) in [5, 5.41) is 0.613. The van der Waals surface area contributed by atoms with Crippen LogP contribution in [0.15, 0.2) is 29.3 Å². The van der Waals surface area contributed by atoms with E-state index in [1.807, 2.05) is 4.90 Å². The van der Waals surface area contributed by atoms with Gasteiger partial charge < -0.3 is 14.4 Å². The Balaban J connectivity index is 1.33. The van der Waals surface area contributed by atoms with E-state index < -0.39 is 0 Å². The van der Waals surface area contributed by atoms with Crippen LogP contribution in [-0.2, 0) is 16.1 Å². The van der Waals surface area contributed by atoms with E-state index in [0.717, 1.165) is 25.9 Å². The Labute approximate surface area is 170 Å². The van der Waals surface area contributed by atoms with E-state index >= 15 is 0 Å². The van der Waals surface area contributed by atoms with Crippen LogP contribution in [0.2, 0.25) is 0 Å². The highest BCUT2D eigenvalue weighted by atomic mass is 16.5. The second-order valence-electron chi connectivity index (χ2n) is 7.80. The lowest BCUT2D eigenvalue weighted by molar-refractivity contribution is -0.136. The molecule has 1 aromatic carbocycles. The van der Waals surface area contributed by atoms with Crippen molar-refractivity contribution in [2.24, 2.45) is 5.92 Å². The van der Waals surface area contributed by atoms with Gasteiger partial charge in [0.2, 0.25) is 5.91 Å². The van der Waals surface area contributed by atoms with E-state index in [1.54, 1.807) is 36.2 Å². The van der Waals surface area contributed by atoms with Gasteiger partial charge in [0, 0.05) is 25.7 Å². The first-order chi connectivity index (χ1) is 14.1. The average Bonchev–Trinajstić information content (AvgIpc) is 2.77. The number of morpholine rings is 1. The number of piperidine rings is 1. The fraction of sp³-hybridized carbons (Fsp3) is 0.571.